The molecule has 0 atom stereocenters. The molecule has 10 nitrogen and oxygen atoms in total. The number of nitrogens with zero attached hydrogens (tertiary/aromatic N) is 8. The SMILES string of the molecule is CC(=O)c1cc(-n2cnc3cc(Nc4ccc(C)nn4)ccc32)nc(-n2nc(C#N)cc2C)c1Cl. The molecule has 0 radical (unpaired) electrons. The van der Waals surface area contributed by atoms with Crippen LogP contribution in [0.1, 0.15) is 34.4 Å². The zero-order valence-corrected chi connectivity index (χ0v) is 19.7. The average Bonchev–Trinajstić information content (AvgIpc) is 3.43. The number of benzene rings is 1. The molecule has 5 rings (SSSR count). The maximum Gasteiger partial charge on any atom is 0.175 e. The number of carbonyl (C=O) groups excluding carboxylic acids is 1. The number of imidazole rings is 1. The van der Waals surface area contributed by atoms with Crippen molar-refractivity contribution in [1.29, 1.82) is 5.26 Å². The fourth-order valence-corrected chi connectivity index (χ4v) is 3.96. The van der Waals surface area contributed by atoms with Gasteiger partial charge in [-0.05, 0) is 63.2 Å². The summed E-state index contributed by atoms with van der Waals surface area (Å²) in [5.74, 6) is 1.10. The summed E-state index contributed by atoms with van der Waals surface area (Å²) in [6, 6.07) is 14.6. The number of halogens is 1. The van der Waals surface area contributed by atoms with Gasteiger partial charge in [-0.3, -0.25) is 9.36 Å². The monoisotopic (exact) mass is 483 g/mol. The van der Waals surface area contributed by atoms with Crippen LogP contribution in [0, 0.1) is 25.2 Å². The zero-order chi connectivity index (χ0) is 24.7. The molecular weight excluding hydrogens is 466 g/mol. The van der Waals surface area contributed by atoms with Gasteiger partial charge in [0.25, 0.3) is 0 Å². The van der Waals surface area contributed by atoms with Crippen molar-refractivity contribution in [2.24, 2.45) is 0 Å². The van der Waals surface area contributed by atoms with Gasteiger partial charge < -0.3 is 5.32 Å². The summed E-state index contributed by atoms with van der Waals surface area (Å²) in [5, 5.41) is 25.0. The number of aryl methyl sites for hydroxylation is 2. The number of hydrogen-bond donors (Lipinski definition) is 1. The van der Waals surface area contributed by atoms with Gasteiger partial charge in [-0.2, -0.15) is 15.5 Å². The van der Waals surface area contributed by atoms with Gasteiger partial charge in [-0.15, -0.1) is 5.10 Å². The van der Waals surface area contributed by atoms with Crippen LogP contribution in [0.2, 0.25) is 5.02 Å². The van der Waals surface area contributed by atoms with Gasteiger partial charge in [0, 0.05) is 16.9 Å². The molecule has 0 spiro atoms. The Morgan fingerprint density at radius 1 is 1.11 bits per heavy atom. The predicted octanol–water partition coefficient (Wildman–Crippen LogP) is 4.48. The van der Waals surface area contributed by atoms with Crippen molar-refractivity contribution in [3.8, 4) is 17.7 Å². The number of carbonyl (C=O) groups is 1. The molecule has 35 heavy (non-hydrogen) atoms. The van der Waals surface area contributed by atoms with Gasteiger partial charge in [-0.25, -0.2) is 14.6 Å². The Bertz CT molecular complexity index is 1640. The standard InChI is InChI=1S/C24H18ClN9O/c1-13-4-7-21(31-30-13)28-16-5-6-20-19(9-16)27-12-33(20)22-10-18(15(3)35)23(25)24(29-22)34-14(2)8-17(11-26)32-34/h4-10,12H,1-3H3,(H,28,31). The van der Waals surface area contributed by atoms with Crippen molar-refractivity contribution in [2.45, 2.75) is 20.8 Å². The van der Waals surface area contributed by atoms with E-state index >= 15 is 0 Å². The van der Waals surface area contributed by atoms with E-state index in [0.29, 0.717) is 22.8 Å². The summed E-state index contributed by atoms with van der Waals surface area (Å²) >= 11 is 6.55. The molecule has 0 bridgehead atoms. The van der Waals surface area contributed by atoms with Crippen molar-refractivity contribution in [2.75, 3.05) is 5.32 Å². The Labute approximate surface area is 204 Å². The van der Waals surface area contributed by atoms with Crippen LogP contribution in [0.3, 0.4) is 0 Å². The van der Waals surface area contributed by atoms with E-state index in [4.69, 9.17) is 11.6 Å². The van der Waals surface area contributed by atoms with Gasteiger partial charge >= 0.3 is 0 Å². The lowest BCUT2D eigenvalue weighted by Crippen LogP contribution is -2.10. The first-order valence-corrected chi connectivity index (χ1v) is 11.0. The smallest absolute Gasteiger partial charge is 0.175 e. The van der Waals surface area contributed by atoms with Crippen LogP contribution in [-0.4, -0.2) is 40.3 Å². The second-order valence-electron chi connectivity index (χ2n) is 7.92. The summed E-state index contributed by atoms with van der Waals surface area (Å²) < 4.78 is 3.22. The lowest BCUT2D eigenvalue weighted by atomic mass is 10.2. The van der Waals surface area contributed by atoms with Crippen LogP contribution in [0.4, 0.5) is 11.5 Å². The van der Waals surface area contributed by atoms with Crippen molar-refractivity contribution in [1.82, 2.24) is 34.5 Å². The number of pyridine rings is 1. The van der Waals surface area contributed by atoms with Gasteiger partial charge in [-0.1, -0.05) is 11.6 Å². The minimum absolute atomic E-state index is 0.159. The molecule has 4 aromatic heterocycles. The van der Waals surface area contributed by atoms with Gasteiger partial charge in [0.2, 0.25) is 0 Å². The van der Waals surface area contributed by atoms with Crippen LogP contribution in [0.25, 0.3) is 22.7 Å². The number of rotatable bonds is 5. The van der Waals surface area contributed by atoms with E-state index in [1.54, 1.807) is 30.0 Å². The maximum absolute atomic E-state index is 12.4. The van der Waals surface area contributed by atoms with E-state index in [9.17, 15) is 10.1 Å². The molecule has 0 aliphatic carbocycles. The molecule has 4 heterocycles. The Morgan fingerprint density at radius 2 is 1.94 bits per heavy atom. The molecule has 1 N–H and O–H groups in total. The van der Waals surface area contributed by atoms with Crippen LogP contribution in [-0.2, 0) is 0 Å². The quantitative estimate of drug-likeness (QED) is 0.362. The van der Waals surface area contributed by atoms with Crippen molar-refractivity contribution in [3.63, 3.8) is 0 Å². The van der Waals surface area contributed by atoms with Gasteiger partial charge in [0.1, 0.15) is 18.2 Å². The van der Waals surface area contributed by atoms with Crippen LogP contribution in [0.5, 0.6) is 0 Å². The molecule has 0 amide bonds. The molecule has 11 heteroatoms. The van der Waals surface area contributed by atoms with E-state index in [2.05, 4.69) is 30.6 Å². The Kier molecular flexibility index (Phi) is 5.47. The van der Waals surface area contributed by atoms with Gasteiger partial charge in [0.05, 0.1) is 21.7 Å². The fourth-order valence-electron chi connectivity index (χ4n) is 3.65. The number of hydrogen-bond acceptors (Lipinski definition) is 8. The van der Waals surface area contributed by atoms with Crippen molar-refractivity contribution >= 4 is 39.9 Å². The third-order valence-electron chi connectivity index (χ3n) is 5.37. The zero-order valence-electron chi connectivity index (χ0n) is 19.0. The summed E-state index contributed by atoms with van der Waals surface area (Å²) in [6.45, 7) is 5.09. The molecule has 0 saturated carbocycles. The number of aromatic nitrogens is 7. The van der Waals surface area contributed by atoms with Crippen LogP contribution < -0.4 is 5.32 Å². The highest BCUT2D eigenvalue weighted by Crippen LogP contribution is 2.29. The van der Waals surface area contributed by atoms with E-state index in [1.165, 1.54) is 11.6 Å². The minimum Gasteiger partial charge on any atom is -0.339 e. The molecule has 5 aromatic rings. The summed E-state index contributed by atoms with van der Waals surface area (Å²) in [4.78, 5) is 21.6. The maximum atomic E-state index is 12.4. The number of nitrogens with one attached hydrogen (secondary N) is 1. The highest BCUT2D eigenvalue weighted by Gasteiger charge is 2.20. The lowest BCUT2D eigenvalue weighted by molar-refractivity contribution is 0.101. The number of ketones is 1. The Balaban J connectivity index is 1.60. The number of Topliss-reactive ketones (excluding diaryl/α,β-unsaturated/α-hetero) is 1. The number of fused-ring (bicyclic) bond motifs is 1. The highest BCUT2D eigenvalue weighted by molar-refractivity contribution is 6.35. The van der Waals surface area contributed by atoms with Crippen LogP contribution >= 0.6 is 11.6 Å². The molecule has 172 valence electrons. The third kappa shape index (κ3) is 4.09. The topological polar surface area (TPSA) is 127 Å². The molecule has 0 fully saturated rings. The lowest BCUT2D eigenvalue weighted by Gasteiger charge is -2.13. The summed E-state index contributed by atoms with van der Waals surface area (Å²) in [7, 11) is 0. The molecule has 0 aliphatic rings. The predicted molar refractivity (Wildman–Crippen MR) is 131 cm³/mol. The second kappa shape index (κ2) is 8.62. The normalized spacial score (nSPS) is 10.9. The first-order valence-electron chi connectivity index (χ1n) is 10.6. The van der Waals surface area contributed by atoms with E-state index in [0.717, 1.165) is 16.9 Å². The van der Waals surface area contributed by atoms with Crippen LogP contribution in [0.15, 0.2) is 48.8 Å². The first-order chi connectivity index (χ1) is 16.8. The number of anilines is 2. The molecule has 1 aromatic carbocycles. The molecule has 0 saturated heterocycles. The Morgan fingerprint density at radius 3 is 2.63 bits per heavy atom. The molecule has 0 aliphatic heterocycles. The van der Waals surface area contributed by atoms with Crippen molar-refractivity contribution in [3.05, 3.63) is 76.5 Å². The van der Waals surface area contributed by atoms with Gasteiger partial charge in [0.15, 0.2) is 23.1 Å². The Hall–Kier alpha value is -4.62. The number of nitriles is 1. The summed E-state index contributed by atoms with van der Waals surface area (Å²) in [6.07, 6.45) is 1.63. The largest absolute Gasteiger partial charge is 0.339 e. The second-order valence-corrected chi connectivity index (χ2v) is 8.30. The highest BCUT2D eigenvalue weighted by atomic mass is 35.5. The average molecular weight is 484 g/mol. The van der Waals surface area contributed by atoms with E-state index < -0.39 is 0 Å². The van der Waals surface area contributed by atoms with Crippen molar-refractivity contribution < 1.29 is 4.79 Å². The molecular formula is C24H18ClN9O. The first kappa shape index (κ1) is 22.2. The van der Waals surface area contributed by atoms with E-state index in [1.807, 2.05) is 43.3 Å². The minimum atomic E-state index is -0.222. The van der Waals surface area contributed by atoms with E-state index in [-0.39, 0.29) is 27.9 Å². The molecule has 0 unspecified atom stereocenters. The third-order valence-corrected chi connectivity index (χ3v) is 5.75. The fraction of sp³-hybridized carbons (Fsp3) is 0.125. The summed E-state index contributed by atoms with van der Waals surface area (Å²) in [5.41, 5.74) is 4.29.